The van der Waals surface area contributed by atoms with Crippen LogP contribution in [0.3, 0.4) is 0 Å². The van der Waals surface area contributed by atoms with Gasteiger partial charge in [-0.25, -0.2) is 8.78 Å². The second kappa shape index (κ2) is 12.7. The maximum absolute atomic E-state index is 14.3. The zero-order chi connectivity index (χ0) is 21.2. The summed E-state index contributed by atoms with van der Waals surface area (Å²) in [6, 6.07) is 0. The molecule has 0 amide bonds. The molecular formula is C24H40F2O3. The van der Waals surface area contributed by atoms with E-state index in [2.05, 4.69) is 13.8 Å². The van der Waals surface area contributed by atoms with E-state index >= 15 is 0 Å². The van der Waals surface area contributed by atoms with Crippen molar-refractivity contribution in [2.24, 2.45) is 11.8 Å². The van der Waals surface area contributed by atoms with Gasteiger partial charge >= 0.3 is 0 Å². The molecule has 29 heavy (non-hydrogen) atoms. The van der Waals surface area contributed by atoms with Gasteiger partial charge in [0.15, 0.2) is 11.7 Å². The van der Waals surface area contributed by atoms with E-state index in [-0.39, 0.29) is 17.8 Å². The molecule has 0 radical (unpaired) electrons. The minimum absolute atomic E-state index is 0.0310. The Morgan fingerprint density at radius 1 is 1.07 bits per heavy atom. The van der Waals surface area contributed by atoms with Gasteiger partial charge in [-0.2, -0.15) is 0 Å². The number of ether oxygens (including phenoxy) is 3. The highest BCUT2D eigenvalue weighted by atomic mass is 19.2. The van der Waals surface area contributed by atoms with Crippen LogP contribution in [-0.4, -0.2) is 32.5 Å². The van der Waals surface area contributed by atoms with Crippen molar-refractivity contribution in [1.82, 2.24) is 0 Å². The number of hydrogen-bond donors (Lipinski definition) is 0. The van der Waals surface area contributed by atoms with Crippen molar-refractivity contribution in [3.63, 3.8) is 0 Å². The second-order valence-corrected chi connectivity index (χ2v) is 8.85. The van der Waals surface area contributed by atoms with E-state index in [0.29, 0.717) is 43.7 Å². The minimum Gasteiger partial charge on any atom is -0.498 e. The third-order valence-corrected chi connectivity index (χ3v) is 6.35. The first-order chi connectivity index (χ1) is 14.0. The lowest BCUT2D eigenvalue weighted by molar-refractivity contribution is -0.0937. The first kappa shape index (κ1) is 24.3. The standard InChI is InChI=1S/C24H40F2O3/c1-5-6-7-8-19-11-12-20(16-29-19)28-15-17(2)9-10-18(3)21-13-14-22(27-4)24(26)23(21)25/h17-20H,5-16H2,1-4H3. The van der Waals surface area contributed by atoms with Crippen LogP contribution < -0.4 is 0 Å². The summed E-state index contributed by atoms with van der Waals surface area (Å²) in [5.41, 5.74) is 0.589. The van der Waals surface area contributed by atoms with Crippen LogP contribution in [0.1, 0.15) is 85.0 Å². The Hall–Kier alpha value is -0.940. The fraction of sp³-hybridized carbons (Fsp3) is 0.833. The van der Waals surface area contributed by atoms with E-state index in [4.69, 9.17) is 14.2 Å². The molecule has 4 atom stereocenters. The first-order valence-electron chi connectivity index (χ1n) is 11.5. The molecule has 1 fully saturated rings. The molecule has 1 saturated heterocycles. The fourth-order valence-electron chi connectivity index (χ4n) is 4.24. The maximum atomic E-state index is 14.3. The Morgan fingerprint density at radius 2 is 1.86 bits per heavy atom. The smallest absolute Gasteiger partial charge is 0.196 e. The molecular weight excluding hydrogens is 374 g/mol. The van der Waals surface area contributed by atoms with Crippen LogP contribution in [-0.2, 0) is 14.2 Å². The average molecular weight is 415 g/mol. The first-order valence-corrected chi connectivity index (χ1v) is 11.5. The van der Waals surface area contributed by atoms with Crippen molar-refractivity contribution in [2.45, 2.75) is 97.2 Å². The number of unbranched alkanes of at least 4 members (excludes halogenated alkanes) is 2. The van der Waals surface area contributed by atoms with Gasteiger partial charge in [-0.3, -0.25) is 0 Å². The third kappa shape index (κ3) is 7.67. The van der Waals surface area contributed by atoms with Crippen LogP contribution in [0.4, 0.5) is 8.78 Å². The maximum Gasteiger partial charge on any atom is 0.196 e. The summed E-state index contributed by atoms with van der Waals surface area (Å²) >= 11 is 0. The fourth-order valence-corrected chi connectivity index (χ4v) is 4.24. The second-order valence-electron chi connectivity index (χ2n) is 8.85. The molecule has 0 aromatic rings. The van der Waals surface area contributed by atoms with Gasteiger partial charge in [-0.05, 0) is 55.9 Å². The lowest BCUT2D eigenvalue weighted by Gasteiger charge is -2.30. The molecule has 0 spiro atoms. The van der Waals surface area contributed by atoms with Crippen molar-refractivity contribution < 1.29 is 23.0 Å². The van der Waals surface area contributed by atoms with E-state index in [1.807, 2.05) is 6.92 Å². The molecule has 0 N–H and O–H groups in total. The summed E-state index contributed by atoms with van der Waals surface area (Å²) < 4.78 is 45.2. The molecule has 0 aromatic carbocycles. The number of rotatable bonds is 12. The van der Waals surface area contributed by atoms with E-state index < -0.39 is 11.7 Å². The van der Waals surface area contributed by atoms with Gasteiger partial charge in [0.25, 0.3) is 0 Å². The molecule has 168 valence electrons. The number of allylic oxidation sites excluding steroid dienone is 4. The van der Waals surface area contributed by atoms with Crippen molar-refractivity contribution >= 4 is 0 Å². The summed E-state index contributed by atoms with van der Waals surface area (Å²) in [7, 11) is 1.39. The molecule has 2 aliphatic rings. The van der Waals surface area contributed by atoms with Gasteiger partial charge in [-0.1, -0.05) is 40.0 Å². The van der Waals surface area contributed by atoms with E-state index in [1.165, 1.54) is 32.8 Å². The van der Waals surface area contributed by atoms with E-state index in [9.17, 15) is 8.78 Å². The summed E-state index contributed by atoms with van der Waals surface area (Å²) in [6.07, 6.45) is 10.5. The summed E-state index contributed by atoms with van der Waals surface area (Å²) in [4.78, 5) is 0. The van der Waals surface area contributed by atoms with Gasteiger partial charge in [-0.15, -0.1) is 0 Å². The molecule has 4 unspecified atom stereocenters. The van der Waals surface area contributed by atoms with E-state index in [1.54, 1.807) is 0 Å². The minimum atomic E-state index is -0.817. The molecule has 3 nitrogen and oxygen atoms in total. The van der Waals surface area contributed by atoms with Gasteiger partial charge in [0, 0.05) is 13.0 Å². The third-order valence-electron chi connectivity index (χ3n) is 6.35. The zero-order valence-electron chi connectivity index (χ0n) is 18.8. The highest BCUT2D eigenvalue weighted by Crippen LogP contribution is 2.37. The van der Waals surface area contributed by atoms with E-state index in [0.717, 1.165) is 25.7 Å². The van der Waals surface area contributed by atoms with Gasteiger partial charge in [0.2, 0.25) is 0 Å². The Balaban J connectivity index is 1.66. The summed E-state index contributed by atoms with van der Waals surface area (Å²) in [6.45, 7) is 7.78. The Morgan fingerprint density at radius 3 is 2.52 bits per heavy atom. The highest BCUT2D eigenvalue weighted by Gasteiger charge is 2.27. The normalized spacial score (nSPS) is 25.3. The summed E-state index contributed by atoms with van der Waals surface area (Å²) in [5, 5.41) is 0. The van der Waals surface area contributed by atoms with Crippen LogP contribution in [0.5, 0.6) is 0 Å². The predicted molar refractivity (Wildman–Crippen MR) is 113 cm³/mol. The number of halogens is 2. The molecule has 2 rings (SSSR count). The van der Waals surface area contributed by atoms with Crippen LogP contribution >= 0.6 is 0 Å². The Bertz CT molecular complexity index is 550. The van der Waals surface area contributed by atoms with Crippen molar-refractivity contribution in [3.05, 3.63) is 23.0 Å². The average Bonchev–Trinajstić information content (AvgIpc) is 2.73. The molecule has 0 saturated carbocycles. The SMILES string of the molecule is CCCCCC1CCC(OCC(C)CCC(C)C2=C(F)C(F)=C(OC)CC2)CO1. The van der Waals surface area contributed by atoms with Crippen LogP contribution in [0.25, 0.3) is 0 Å². The van der Waals surface area contributed by atoms with Crippen LogP contribution in [0.2, 0.25) is 0 Å². The van der Waals surface area contributed by atoms with Crippen molar-refractivity contribution in [3.8, 4) is 0 Å². The van der Waals surface area contributed by atoms with Crippen molar-refractivity contribution in [1.29, 1.82) is 0 Å². The van der Waals surface area contributed by atoms with Crippen LogP contribution in [0, 0.1) is 11.8 Å². The number of methoxy groups -OCH3 is 1. The molecule has 0 aromatic heterocycles. The largest absolute Gasteiger partial charge is 0.498 e. The lowest BCUT2D eigenvalue weighted by atomic mass is 9.86. The molecule has 1 aliphatic heterocycles. The Kier molecular flexibility index (Phi) is 10.6. The van der Waals surface area contributed by atoms with Gasteiger partial charge < -0.3 is 14.2 Å². The predicted octanol–water partition coefficient (Wildman–Crippen LogP) is 7.03. The topological polar surface area (TPSA) is 27.7 Å². The Labute approximate surface area is 175 Å². The quantitative estimate of drug-likeness (QED) is 0.321. The molecule has 0 bridgehead atoms. The molecule has 5 heteroatoms. The monoisotopic (exact) mass is 414 g/mol. The van der Waals surface area contributed by atoms with Crippen LogP contribution in [0.15, 0.2) is 23.0 Å². The molecule has 1 heterocycles. The van der Waals surface area contributed by atoms with Crippen molar-refractivity contribution in [2.75, 3.05) is 20.3 Å². The zero-order valence-corrected chi connectivity index (χ0v) is 18.8. The number of hydrogen-bond acceptors (Lipinski definition) is 3. The van der Waals surface area contributed by atoms with Gasteiger partial charge in [0.05, 0.1) is 25.9 Å². The lowest BCUT2D eigenvalue weighted by Crippen LogP contribution is -2.32. The summed E-state index contributed by atoms with van der Waals surface area (Å²) in [5.74, 6) is -0.979. The van der Waals surface area contributed by atoms with Gasteiger partial charge in [0.1, 0.15) is 5.76 Å². The highest BCUT2D eigenvalue weighted by molar-refractivity contribution is 5.33. The molecule has 1 aliphatic carbocycles.